The maximum absolute atomic E-state index is 8.80. The Morgan fingerprint density at radius 2 is 1.00 bits per heavy atom. The predicted octanol–water partition coefficient (Wildman–Crippen LogP) is -4.99. The molecule has 0 amide bonds. The van der Waals surface area contributed by atoms with Gasteiger partial charge in [-0.05, 0) is 27.7 Å². The average Bonchev–Trinajstić information content (AvgIpc) is 2.07. The van der Waals surface area contributed by atoms with E-state index in [9.17, 15) is 0 Å². The third-order valence-electron chi connectivity index (χ3n) is 2.68. The molecule has 0 saturated carbocycles. The van der Waals surface area contributed by atoms with E-state index in [1.54, 1.807) is 0 Å². The molecule has 15 heavy (non-hydrogen) atoms. The number of hydrogen-bond donors (Lipinski definition) is 2. The van der Waals surface area contributed by atoms with Gasteiger partial charge in [-0.2, -0.15) is 0 Å². The summed E-state index contributed by atoms with van der Waals surface area (Å²) in [6.45, 7) is 14.2. The van der Waals surface area contributed by atoms with Gasteiger partial charge < -0.3 is 23.7 Å². The summed E-state index contributed by atoms with van der Waals surface area (Å²) in [6.07, 6.45) is 0. The third kappa shape index (κ3) is 15.0. The number of rotatable bonds is 4. The fourth-order valence-electron chi connectivity index (χ4n) is 1.34. The minimum absolute atomic E-state index is 0. The van der Waals surface area contributed by atoms with Crippen molar-refractivity contribution in [2.75, 3.05) is 26.2 Å². The largest absolute Gasteiger partial charge is 1.00 e. The van der Waals surface area contributed by atoms with Crippen LogP contribution in [-0.4, -0.2) is 49.3 Å². The molecule has 0 saturated heterocycles. The summed E-state index contributed by atoms with van der Waals surface area (Å²) in [4.78, 5) is 31.8. The zero-order valence-corrected chi connectivity index (χ0v) is 13.5. The van der Waals surface area contributed by atoms with Crippen molar-refractivity contribution in [2.24, 2.45) is 0 Å². The van der Waals surface area contributed by atoms with Gasteiger partial charge in [0.05, 0.1) is 26.2 Å². The predicted molar refractivity (Wildman–Crippen MR) is 52.6 cm³/mol. The minimum Gasteiger partial charge on any atom is -0.828 e. The topological polar surface area (TPSA) is 86.6 Å². The molecule has 88 valence electrons. The van der Waals surface area contributed by atoms with Crippen molar-refractivity contribution in [3.63, 3.8) is 0 Å². The molecule has 5 nitrogen and oxygen atoms in total. The Hall–Kier alpha value is 1.02. The van der Waals surface area contributed by atoms with Crippen molar-refractivity contribution in [1.29, 1.82) is 0 Å². The number of quaternary nitrogens is 1. The molecule has 0 atom stereocenters. The van der Waals surface area contributed by atoms with Gasteiger partial charge in [0.25, 0.3) is 0 Å². The summed E-state index contributed by atoms with van der Waals surface area (Å²) in [5.74, 6) is 0. The zero-order valence-electron chi connectivity index (χ0n) is 10.5. The van der Waals surface area contributed by atoms with Gasteiger partial charge in [0.2, 0.25) is 0 Å². The van der Waals surface area contributed by atoms with Crippen LogP contribution in [0.3, 0.4) is 0 Å². The van der Waals surface area contributed by atoms with E-state index in [1.807, 2.05) is 0 Å². The summed E-state index contributed by atoms with van der Waals surface area (Å²) >= 11 is 0. The second-order valence-corrected chi connectivity index (χ2v) is 4.25. The van der Waals surface area contributed by atoms with Crippen molar-refractivity contribution in [1.82, 2.24) is 0 Å². The molecule has 2 N–H and O–H groups in total. The van der Waals surface area contributed by atoms with Crippen molar-refractivity contribution in [3.05, 3.63) is 0 Å². The number of nitrogens with zero attached hydrogens (tertiary/aromatic N) is 1. The molecule has 0 aromatic rings. The Bertz CT molecular complexity index is 116. The fourth-order valence-corrected chi connectivity index (χ4v) is 1.34. The quantitative estimate of drug-likeness (QED) is 0.385. The van der Waals surface area contributed by atoms with Crippen LogP contribution in [0.1, 0.15) is 27.7 Å². The molecule has 0 rings (SSSR count). The van der Waals surface area contributed by atoms with Crippen LogP contribution in [0.5, 0.6) is 0 Å². The first-order chi connectivity index (χ1) is 6.24. The Kier molecular flexibility index (Phi) is 14.5. The average molecular weight is 247 g/mol. The molecule has 0 fully saturated rings. The van der Waals surface area contributed by atoms with Gasteiger partial charge in [-0.25, -0.2) is 0 Å². The third-order valence-corrected chi connectivity index (χ3v) is 2.68. The van der Waals surface area contributed by atoms with Gasteiger partial charge in [0.15, 0.2) is 0 Å². The van der Waals surface area contributed by atoms with Crippen molar-refractivity contribution in [2.45, 2.75) is 27.7 Å². The van der Waals surface area contributed by atoms with Crippen LogP contribution in [-0.2, 0) is 0 Å². The van der Waals surface area contributed by atoms with E-state index in [4.69, 9.17) is 19.2 Å². The standard InChI is InChI=1S/C8H20N.Na.H2O4Si/c1-5-9(6-2,7-3)8-4;;1-5(2,3)4/h5-8H2,1-4H3;;1-2H/q2*+1;-2. The van der Waals surface area contributed by atoms with Crippen LogP contribution in [0.25, 0.3) is 0 Å². The molecular formula is C8H22NNaO4Si. The van der Waals surface area contributed by atoms with Gasteiger partial charge in [-0.3, -0.25) is 0 Å². The first kappa shape index (κ1) is 21.3. The number of hydrogen-bond acceptors (Lipinski definition) is 4. The molecule has 0 aromatic carbocycles. The van der Waals surface area contributed by atoms with Crippen molar-refractivity contribution < 1.29 is 53.2 Å². The van der Waals surface area contributed by atoms with Crippen LogP contribution in [0.2, 0.25) is 0 Å². The minimum atomic E-state index is -5.11. The van der Waals surface area contributed by atoms with E-state index >= 15 is 0 Å². The first-order valence-corrected chi connectivity index (χ1v) is 6.66. The SMILES string of the molecule is CC[N+](CC)(CC)CC.[Na+].[O-][Si]([O-])(O)O. The summed E-state index contributed by atoms with van der Waals surface area (Å²) < 4.78 is 1.28. The summed E-state index contributed by atoms with van der Waals surface area (Å²) in [7, 11) is -5.11. The molecule has 0 unspecified atom stereocenters. The Balaban J connectivity index is -0.000000208. The van der Waals surface area contributed by atoms with Gasteiger partial charge in [0, 0.05) is 0 Å². The van der Waals surface area contributed by atoms with Crippen LogP contribution in [0, 0.1) is 0 Å². The molecule has 0 radical (unpaired) electrons. The molecule has 0 bridgehead atoms. The summed E-state index contributed by atoms with van der Waals surface area (Å²) in [5.41, 5.74) is 0. The van der Waals surface area contributed by atoms with Gasteiger partial charge in [-0.15, -0.1) is 0 Å². The second-order valence-electron chi connectivity index (χ2n) is 3.16. The van der Waals surface area contributed by atoms with Crippen LogP contribution >= 0.6 is 0 Å². The van der Waals surface area contributed by atoms with Crippen molar-refractivity contribution in [3.8, 4) is 0 Å². The maximum Gasteiger partial charge on any atom is 1.00 e. The van der Waals surface area contributed by atoms with E-state index in [-0.39, 0.29) is 29.6 Å². The van der Waals surface area contributed by atoms with E-state index in [1.165, 1.54) is 30.7 Å². The van der Waals surface area contributed by atoms with Crippen molar-refractivity contribution >= 4 is 9.05 Å². The monoisotopic (exact) mass is 247 g/mol. The Morgan fingerprint density at radius 3 is 1.00 bits per heavy atom. The fraction of sp³-hybridized carbons (Fsp3) is 1.00. The molecule has 7 heteroatoms. The Labute approximate surface area is 116 Å². The second kappa shape index (κ2) is 10.2. The van der Waals surface area contributed by atoms with E-state index in [2.05, 4.69) is 27.7 Å². The summed E-state index contributed by atoms with van der Waals surface area (Å²) in [5, 5.41) is 0. The zero-order chi connectivity index (χ0) is 11.8. The molecule has 0 heterocycles. The molecule has 0 aliphatic rings. The smallest absolute Gasteiger partial charge is 0.828 e. The molecule has 0 aliphatic carbocycles. The van der Waals surface area contributed by atoms with E-state index < -0.39 is 9.05 Å². The van der Waals surface area contributed by atoms with Crippen LogP contribution < -0.4 is 39.1 Å². The van der Waals surface area contributed by atoms with E-state index in [0.717, 1.165) is 0 Å². The van der Waals surface area contributed by atoms with Crippen LogP contribution in [0.15, 0.2) is 0 Å². The summed E-state index contributed by atoms with van der Waals surface area (Å²) in [6, 6.07) is 0. The molecular weight excluding hydrogens is 225 g/mol. The van der Waals surface area contributed by atoms with E-state index in [0.29, 0.717) is 0 Å². The normalized spacial score (nSPS) is 11.2. The molecule has 0 aromatic heterocycles. The van der Waals surface area contributed by atoms with Gasteiger partial charge in [0.1, 0.15) is 9.05 Å². The Morgan fingerprint density at radius 1 is 0.867 bits per heavy atom. The van der Waals surface area contributed by atoms with Crippen LogP contribution in [0.4, 0.5) is 0 Å². The molecule has 0 aliphatic heterocycles. The maximum atomic E-state index is 8.80. The molecule has 0 spiro atoms. The van der Waals surface area contributed by atoms with Gasteiger partial charge >= 0.3 is 29.6 Å². The van der Waals surface area contributed by atoms with Gasteiger partial charge in [-0.1, -0.05) is 0 Å². The first-order valence-electron chi connectivity index (χ1n) is 4.95.